The fourth-order valence-corrected chi connectivity index (χ4v) is 2.13. The molecule has 19 heavy (non-hydrogen) atoms. The molecule has 2 nitrogen and oxygen atoms in total. The van der Waals surface area contributed by atoms with Crippen molar-refractivity contribution in [1.29, 1.82) is 5.26 Å². The number of rotatable bonds is 5. The second-order valence-corrected chi connectivity index (χ2v) is 4.54. The zero-order valence-corrected chi connectivity index (χ0v) is 11.2. The predicted octanol–water partition coefficient (Wildman–Crippen LogP) is 3.78. The third-order valence-corrected chi connectivity index (χ3v) is 3.07. The van der Waals surface area contributed by atoms with E-state index in [1.165, 1.54) is 16.8 Å². The van der Waals surface area contributed by atoms with Crippen molar-refractivity contribution >= 4 is 5.69 Å². The van der Waals surface area contributed by atoms with E-state index in [9.17, 15) is 0 Å². The van der Waals surface area contributed by atoms with E-state index in [0.29, 0.717) is 0 Å². The first kappa shape index (κ1) is 13.2. The van der Waals surface area contributed by atoms with Gasteiger partial charge in [0.1, 0.15) is 0 Å². The largest absolute Gasteiger partial charge is 0.385 e. The highest BCUT2D eigenvalue weighted by molar-refractivity contribution is 5.45. The minimum atomic E-state index is 0.735. The molecule has 2 heteroatoms. The van der Waals surface area contributed by atoms with Crippen LogP contribution in [0.1, 0.15) is 23.6 Å². The van der Waals surface area contributed by atoms with Gasteiger partial charge in [-0.2, -0.15) is 5.26 Å². The number of nitriles is 1. The maximum Gasteiger partial charge on any atom is 0.0991 e. The standard InChI is InChI=1S/C17H18N2/c1-2-19-17-8-4-6-15(12-17)10-9-14-5-3-7-16(11-14)13-18/h3-8,11-12,19H,2,9-10H2,1H3. The van der Waals surface area contributed by atoms with Crippen LogP contribution in [-0.2, 0) is 12.8 Å². The van der Waals surface area contributed by atoms with E-state index in [4.69, 9.17) is 5.26 Å². The van der Waals surface area contributed by atoms with Crippen LogP contribution in [0.5, 0.6) is 0 Å². The van der Waals surface area contributed by atoms with Gasteiger partial charge in [0.2, 0.25) is 0 Å². The number of hydrogen-bond donors (Lipinski definition) is 1. The Bertz CT molecular complexity index is 582. The summed E-state index contributed by atoms with van der Waals surface area (Å²) in [4.78, 5) is 0. The first-order valence-electron chi connectivity index (χ1n) is 6.63. The monoisotopic (exact) mass is 250 g/mol. The molecular formula is C17H18N2. The lowest BCUT2D eigenvalue weighted by atomic mass is 10.0. The molecule has 0 spiro atoms. The van der Waals surface area contributed by atoms with Crippen molar-refractivity contribution in [2.45, 2.75) is 19.8 Å². The van der Waals surface area contributed by atoms with E-state index < -0.39 is 0 Å². The van der Waals surface area contributed by atoms with Gasteiger partial charge in [0.25, 0.3) is 0 Å². The van der Waals surface area contributed by atoms with Crippen LogP contribution in [0.4, 0.5) is 5.69 Å². The van der Waals surface area contributed by atoms with E-state index in [0.717, 1.165) is 24.9 Å². The van der Waals surface area contributed by atoms with Gasteiger partial charge < -0.3 is 5.32 Å². The zero-order chi connectivity index (χ0) is 13.5. The van der Waals surface area contributed by atoms with Crippen LogP contribution in [0.25, 0.3) is 0 Å². The van der Waals surface area contributed by atoms with E-state index in [1.54, 1.807) is 0 Å². The molecule has 0 saturated heterocycles. The number of nitrogens with zero attached hydrogens (tertiary/aromatic N) is 1. The molecule has 0 amide bonds. The molecule has 0 fully saturated rings. The van der Waals surface area contributed by atoms with Gasteiger partial charge in [0.05, 0.1) is 11.6 Å². The minimum absolute atomic E-state index is 0.735. The molecule has 0 aliphatic heterocycles. The minimum Gasteiger partial charge on any atom is -0.385 e. The van der Waals surface area contributed by atoms with Gasteiger partial charge in [-0.3, -0.25) is 0 Å². The Morgan fingerprint density at radius 2 is 1.68 bits per heavy atom. The molecule has 2 aromatic rings. The van der Waals surface area contributed by atoms with E-state index in [1.807, 2.05) is 18.2 Å². The van der Waals surface area contributed by atoms with Crippen molar-refractivity contribution < 1.29 is 0 Å². The summed E-state index contributed by atoms with van der Waals surface area (Å²) in [5, 5.41) is 12.2. The molecule has 96 valence electrons. The Morgan fingerprint density at radius 1 is 1.00 bits per heavy atom. The highest BCUT2D eigenvalue weighted by Crippen LogP contribution is 2.13. The molecule has 0 saturated carbocycles. The van der Waals surface area contributed by atoms with Gasteiger partial charge in [-0.05, 0) is 55.2 Å². The lowest BCUT2D eigenvalue weighted by molar-refractivity contribution is 0.959. The summed E-state index contributed by atoms with van der Waals surface area (Å²) >= 11 is 0. The van der Waals surface area contributed by atoms with Crippen molar-refractivity contribution in [3.63, 3.8) is 0 Å². The van der Waals surface area contributed by atoms with Crippen LogP contribution in [0.15, 0.2) is 48.5 Å². The lowest BCUT2D eigenvalue weighted by Gasteiger charge is -2.07. The van der Waals surface area contributed by atoms with Crippen LogP contribution in [0.2, 0.25) is 0 Å². The molecule has 1 N–H and O–H groups in total. The molecule has 0 aromatic heterocycles. The highest BCUT2D eigenvalue weighted by Gasteiger charge is 1.99. The van der Waals surface area contributed by atoms with E-state index in [2.05, 4.69) is 48.6 Å². The number of hydrogen-bond acceptors (Lipinski definition) is 2. The highest BCUT2D eigenvalue weighted by atomic mass is 14.8. The summed E-state index contributed by atoms with van der Waals surface area (Å²) < 4.78 is 0. The van der Waals surface area contributed by atoms with Crippen molar-refractivity contribution in [1.82, 2.24) is 0 Å². The normalized spacial score (nSPS) is 9.89. The van der Waals surface area contributed by atoms with Crippen LogP contribution < -0.4 is 5.32 Å². The SMILES string of the molecule is CCNc1cccc(CCc2cccc(C#N)c2)c1. The second kappa shape index (κ2) is 6.61. The molecular weight excluding hydrogens is 232 g/mol. The lowest BCUT2D eigenvalue weighted by Crippen LogP contribution is -1.98. The van der Waals surface area contributed by atoms with Crippen LogP contribution >= 0.6 is 0 Å². The zero-order valence-electron chi connectivity index (χ0n) is 11.2. The first-order valence-corrected chi connectivity index (χ1v) is 6.63. The Balaban J connectivity index is 2.01. The van der Waals surface area contributed by atoms with Crippen LogP contribution in [0.3, 0.4) is 0 Å². The predicted molar refractivity (Wildman–Crippen MR) is 79.2 cm³/mol. The molecule has 0 aliphatic carbocycles. The molecule has 2 rings (SSSR count). The van der Waals surface area contributed by atoms with Gasteiger partial charge in [-0.15, -0.1) is 0 Å². The number of benzene rings is 2. The van der Waals surface area contributed by atoms with Gasteiger partial charge in [-0.25, -0.2) is 0 Å². The van der Waals surface area contributed by atoms with E-state index >= 15 is 0 Å². The smallest absolute Gasteiger partial charge is 0.0991 e. The maximum absolute atomic E-state index is 8.88. The number of aryl methyl sites for hydroxylation is 2. The summed E-state index contributed by atoms with van der Waals surface area (Å²) in [5.41, 5.74) is 4.44. The average Bonchev–Trinajstić information content (AvgIpc) is 2.46. The Morgan fingerprint density at radius 3 is 2.37 bits per heavy atom. The number of anilines is 1. The first-order chi connectivity index (χ1) is 9.31. The fourth-order valence-electron chi connectivity index (χ4n) is 2.13. The molecule has 0 atom stereocenters. The second-order valence-electron chi connectivity index (χ2n) is 4.54. The Kier molecular flexibility index (Phi) is 4.58. The van der Waals surface area contributed by atoms with Crippen LogP contribution in [-0.4, -0.2) is 6.54 Å². The van der Waals surface area contributed by atoms with Crippen molar-refractivity contribution in [3.05, 3.63) is 65.2 Å². The molecule has 0 heterocycles. The molecule has 0 aliphatic rings. The van der Waals surface area contributed by atoms with Gasteiger partial charge >= 0.3 is 0 Å². The summed E-state index contributed by atoms with van der Waals surface area (Å²) in [7, 11) is 0. The average molecular weight is 250 g/mol. The van der Waals surface area contributed by atoms with Gasteiger partial charge in [0, 0.05) is 12.2 Å². The Labute approximate surface area is 114 Å². The van der Waals surface area contributed by atoms with Crippen molar-refractivity contribution in [2.75, 3.05) is 11.9 Å². The molecule has 2 aromatic carbocycles. The third kappa shape index (κ3) is 3.86. The fraction of sp³-hybridized carbons (Fsp3) is 0.235. The summed E-state index contributed by atoms with van der Waals surface area (Å²) in [6, 6.07) is 18.5. The van der Waals surface area contributed by atoms with Gasteiger partial charge in [0.15, 0.2) is 0 Å². The Hall–Kier alpha value is -2.27. The van der Waals surface area contributed by atoms with Crippen LogP contribution in [0, 0.1) is 11.3 Å². The summed E-state index contributed by atoms with van der Waals surface area (Å²) in [6.07, 6.45) is 1.96. The molecule has 0 radical (unpaired) electrons. The van der Waals surface area contributed by atoms with Crippen molar-refractivity contribution in [3.8, 4) is 6.07 Å². The van der Waals surface area contributed by atoms with Crippen molar-refractivity contribution in [2.24, 2.45) is 0 Å². The van der Waals surface area contributed by atoms with E-state index in [-0.39, 0.29) is 0 Å². The number of nitrogens with one attached hydrogen (secondary N) is 1. The third-order valence-electron chi connectivity index (χ3n) is 3.07. The quantitative estimate of drug-likeness (QED) is 0.876. The molecule has 0 bridgehead atoms. The summed E-state index contributed by atoms with van der Waals surface area (Å²) in [6.45, 7) is 3.04. The maximum atomic E-state index is 8.88. The molecule has 0 unspecified atom stereocenters. The summed E-state index contributed by atoms with van der Waals surface area (Å²) in [5.74, 6) is 0. The topological polar surface area (TPSA) is 35.8 Å². The van der Waals surface area contributed by atoms with Gasteiger partial charge in [-0.1, -0.05) is 24.3 Å².